The fourth-order valence-electron chi connectivity index (χ4n) is 4.05. The summed E-state index contributed by atoms with van der Waals surface area (Å²) < 4.78 is 28.6. The molecule has 11 heteroatoms. The fraction of sp³-hybridized carbons (Fsp3) is 0.310. The van der Waals surface area contributed by atoms with Crippen LogP contribution in [0.3, 0.4) is 0 Å². The molecule has 7 nitrogen and oxygen atoms in total. The van der Waals surface area contributed by atoms with Crippen LogP contribution in [0, 0.1) is 0 Å². The monoisotopic (exact) mass is 623 g/mol. The Kier molecular flexibility index (Phi) is 11.3. The Morgan fingerprint density at radius 3 is 2.08 bits per heavy atom. The van der Waals surface area contributed by atoms with Gasteiger partial charge in [-0.05, 0) is 73.9 Å². The molecule has 0 fully saturated rings. The molecule has 0 heterocycles. The van der Waals surface area contributed by atoms with Gasteiger partial charge in [0.15, 0.2) is 0 Å². The molecule has 40 heavy (non-hydrogen) atoms. The SMILES string of the molecule is CC[C@@H](C)NC(=O)[C@H](CC)N(Cc1ccc(Cl)cc1Cl)C(=O)CN(c1ccc(Cl)cc1)S(=O)(=O)c1ccccc1. The molecule has 0 saturated heterocycles. The summed E-state index contributed by atoms with van der Waals surface area (Å²) in [6, 6.07) is 17.9. The van der Waals surface area contributed by atoms with Crippen molar-refractivity contribution in [2.75, 3.05) is 10.8 Å². The van der Waals surface area contributed by atoms with Gasteiger partial charge in [0.05, 0.1) is 10.6 Å². The summed E-state index contributed by atoms with van der Waals surface area (Å²) in [5.41, 5.74) is 0.821. The van der Waals surface area contributed by atoms with Crippen LogP contribution in [0.4, 0.5) is 5.69 Å². The van der Waals surface area contributed by atoms with Crippen LogP contribution in [-0.2, 0) is 26.2 Å². The summed E-state index contributed by atoms with van der Waals surface area (Å²) in [6.07, 6.45) is 1.00. The van der Waals surface area contributed by atoms with Crippen molar-refractivity contribution in [3.05, 3.63) is 93.4 Å². The molecular weight excluding hydrogens is 593 g/mol. The van der Waals surface area contributed by atoms with Crippen LogP contribution in [0.1, 0.15) is 39.2 Å². The number of nitrogens with zero attached hydrogens (tertiary/aromatic N) is 2. The van der Waals surface area contributed by atoms with E-state index in [1.165, 1.54) is 29.2 Å². The average Bonchev–Trinajstić information content (AvgIpc) is 2.93. The van der Waals surface area contributed by atoms with E-state index >= 15 is 0 Å². The quantitative estimate of drug-likeness (QED) is 0.247. The van der Waals surface area contributed by atoms with Crippen LogP contribution >= 0.6 is 34.8 Å². The van der Waals surface area contributed by atoms with Crippen molar-refractivity contribution in [3.63, 3.8) is 0 Å². The van der Waals surface area contributed by atoms with E-state index in [9.17, 15) is 18.0 Å². The average molecular weight is 625 g/mol. The molecule has 0 aliphatic heterocycles. The molecule has 2 amide bonds. The summed E-state index contributed by atoms with van der Waals surface area (Å²) in [6.45, 7) is 5.03. The Balaban J connectivity index is 2.07. The van der Waals surface area contributed by atoms with Crippen LogP contribution in [0.15, 0.2) is 77.7 Å². The molecule has 0 saturated carbocycles. The zero-order valence-electron chi connectivity index (χ0n) is 22.5. The maximum absolute atomic E-state index is 14.1. The zero-order valence-corrected chi connectivity index (χ0v) is 25.6. The number of benzene rings is 3. The maximum atomic E-state index is 14.1. The minimum atomic E-state index is -4.16. The van der Waals surface area contributed by atoms with Gasteiger partial charge < -0.3 is 10.2 Å². The predicted molar refractivity (Wildman–Crippen MR) is 161 cm³/mol. The molecule has 0 radical (unpaired) electrons. The lowest BCUT2D eigenvalue weighted by molar-refractivity contribution is -0.140. The molecule has 3 rings (SSSR count). The number of sulfonamides is 1. The highest BCUT2D eigenvalue weighted by atomic mass is 35.5. The van der Waals surface area contributed by atoms with Gasteiger partial charge in [0, 0.05) is 27.7 Å². The number of anilines is 1. The molecule has 0 aromatic heterocycles. The molecule has 214 valence electrons. The van der Waals surface area contributed by atoms with Crippen molar-refractivity contribution < 1.29 is 18.0 Å². The van der Waals surface area contributed by atoms with E-state index in [0.29, 0.717) is 33.5 Å². The fourth-order valence-corrected chi connectivity index (χ4v) is 6.08. The third-order valence-electron chi connectivity index (χ3n) is 6.47. The Morgan fingerprint density at radius 1 is 0.875 bits per heavy atom. The smallest absolute Gasteiger partial charge is 0.264 e. The second-order valence-corrected chi connectivity index (χ2v) is 12.4. The molecule has 3 aromatic carbocycles. The van der Waals surface area contributed by atoms with E-state index in [4.69, 9.17) is 34.8 Å². The van der Waals surface area contributed by atoms with Crippen LogP contribution in [-0.4, -0.2) is 43.8 Å². The summed E-state index contributed by atoms with van der Waals surface area (Å²) in [5, 5.41) is 4.11. The van der Waals surface area contributed by atoms with Crippen molar-refractivity contribution in [1.82, 2.24) is 10.2 Å². The molecule has 0 unspecified atom stereocenters. The third kappa shape index (κ3) is 7.91. The summed E-state index contributed by atoms with van der Waals surface area (Å²) >= 11 is 18.6. The Hall–Kier alpha value is -2.78. The number of rotatable bonds is 12. The van der Waals surface area contributed by atoms with Gasteiger partial charge in [0.1, 0.15) is 12.6 Å². The number of hydrogen-bond donors (Lipinski definition) is 1. The van der Waals surface area contributed by atoms with Gasteiger partial charge in [-0.1, -0.05) is 72.9 Å². The number of carbonyl (C=O) groups is 2. The standard InChI is InChI=1S/C29H32Cl3N3O4S/c1-4-20(3)33-29(37)27(5-2)34(18-21-11-12-23(31)17-26(21)32)28(36)19-35(24-15-13-22(30)14-16-24)40(38,39)25-9-7-6-8-10-25/h6-17,20,27H,4-5,18-19H2,1-3H3,(H,33,37)/t20-,27+/m1/s1. The van der Waals surface area contributed by atoms with E-state index in [0.717, 1.165) is 4.31 Å². The second kappa shape index (κ2) is 14.2. The van der Waals surface area contributed by atoms with Gasteiger partial charge in [-0.15, -0.1) is 0 Å². The van der Waals surface area contributed by atoms with Crippen LogP contribution < -0.4 is 9.62 Å². The first-order valence-electron chi connectivity index (χ1n) is 12.8. The first-order valence-corrected chi connectivity index (χ1v) is 15.4. The van der Waals surface area contributed by atoms with E-state index < -0.39 is 28.5 Å². The van der Waals surface area contributed by atoms with Gasteiger partial charge in [-0.25, -0.2) is 8.42 Å². The normalized spacial score (nSPS) is 12.8. The topological polar surface area (TPSA) is 86.8 Å². The molecule has 0 spiro atoms. The number of hydrogen-bond acceptors (Lipinski definition) is 4. The van der Waals surface area contributed by atoms with E-state index in [1.54, 1.807) is 55.5 Å². The van der Waals surface area contributed by atoms with Gasteiger partial charge in [-0.2, -0.15) is 0 Å². The highest BCUT2D eigenvalue weighted by Crippen LogP contribution is 2.27. The Morgan fingerprint density at radius 2 is 1.50 bits per heavy atom. The molecule has 0 aliphatic rings. The third-order valence-corrected chi connectivity index (χ3v) is 9.09. The van der Waals surface area contributed by atoms with E-state index in [2.05, 4.69) is 5.32 Å². The van der Waals surface area contributed by atoms with Gasteiger partial charge in [0.25, 0.3) is 10.0 Å². The highest BCUT2D eigenvalue weighted by molar-refractivity contribution is 7.92. The molecule has 3 aromatic rings. The molecule has 2 atom stereocenters. The van der Waals surface area contributed by atoms with Gasteiger partial charge in [0.2, 0.25) is 11.8 Å². The van der Waals surface area contributed by atoms with Crippen molar-refractivity contribution in [2.24, 2.45) is 0 Å². The first-order chi connectivity index (χ1) is 19.0. The molecule has 1 N–H and O–H groups in total. The minimum Gasteiger partial charge on any atom is -0.352 e. The van der Waals surface area contributed by atoms with Gasteiger partial charge in [-0.3, -0.25) is 13.9 Å². The van der Waals surface area contributed by atoms with Crippen LogP contribution in [0.5, 0.6) is 0 Å². The van der Waals surface area contributed by atoms with Crippen LogP contribution in [0.2, 0.25) is 15.1 Å². The Bertz CT molecular complexity index is 1420. The number of halogens is 3. The second-order valence-electron chi connectivity index (χ2n) is 9.30. The number of carbonyl (C=O) groups excluding carboxylic acids is 2. The number of nitrogens with one attached hydrogen (secondary N) is 1. The molecule has 0 aliphatic carbocycles. The lowest BCUT2D eigenvalue weighted by Crippen LogP contribution is -2.53. The Labute approximate surface area is 251 Å². The summed E-state index contributed by atoms with van der Waals surface area (Å²) in [4.78, 5) is 28.8. The summed E-state index contributed by atoms with van der Waals surface area (Å²) in [7, 11) is -4.16. The van der Waals surface area contributed by atoms with Crippen molar-refractivity contribution in [3.8, 4) is 0 Å². The van der Waals surface area contributed by atoms with Gasteiger partial charge >= 0.3 is 0 Å². The number of amides is 2. The lowest BCUT2D eigenvalue weighted by atomic mass is 10.1. The highest BCUT2D eigenvalue weighted by Gasteiger charge is 2.34. The zero-order chi connectivity index (χ0) is 29.4. The van der Waals surface area contributed by atoms with Crippen molar-refractivity contribution in [2.45, 2.75) is 57.1 Å². The minimum absolute atomic E-state index is 0.0200. The van der Waals surface area contributed by atoms with E-state index in [-0.39, 0.29) is 29.1 Å². The largest absolute Gasteiger partial charge is 0.352 e. The van der Waals surface area contributed by atoms with E-state index in [1.807, 2.05) is 13.8 Å². The maximum Gasteiger partial charge on any atom is 0.264 e. The first kappa shape index (κ1) is 31.7. The van der Waals surface area contributed by atoms with Crippen molar-refractivity contribution in [1.29, 1.82) is 0 Å². The molecule has 0 bridgehead atoms. The summed E-state index contributed by atoms with van der Waals surface area (Å²) in [5.74, 6) is -0.911. The van der Waals surface area contributed by atoms with Crippen molar-refractivity contribution >= 4 is 62.3 Å². The predicted octanol–water partition coefficient (Wildman–Crippen LogP) is 6.56. The molecular formula is C29H32Cl3N3O4S. The van der Waals surface area contributed by atoms with Crippen LogP contribution in [0.25, 0.3) is 0 Å². The lowest BCUT2D eigenvalue weighted by Gasteiger charge is -2.34.